The Morgan fingerprint density at radius 2 is 1.95 bits per heavy atom. The molecule has 0 saturated carbocycles. The molecule has 0 radical (unpaired) electrons. The van der Waals surface area contributed by atoms with Crippen LogP contribution in [0.2, 0.25) is 5.02 Å². The molecule has 0 saturated heterocycles. The summed E-state index contributed by atoms with van der Waals surface area (Å²) >= 11 is 9.16. The summed E-state index contributed by atoms with van der Waals surface area (Å²) in [6.07, 6.45) is 0.501. The molecule has 0 aliphatic rings. The van der Waals surface area contributed by atoms with Gasteiger partial charge in [-0.3, -0.25) is 11.3 Å². The zero-order chi connectivity index (χ0) is 14.7. The minimum absolute atomic E-state index is 0.291. The van der Waals surface area contributed by atoms with E-state index in [0.717, 1.165) is 5.56 Å². The van der Waals surface area contributed by atoms with Gasteiger partial charge in [0.1, 0.15) is 11.6 Å². The van der Waals surface area contributed by atoms with Gasteiger partial charge in [0.2, 0.25) is 0 Å². The van der Waals surface area contributed by atoms with Crippen LogP contribution >= 0.6 is 27.5 Å². The van der Waals surface area contributed by atoms with Crippen molar-refractivity contribution in [1.29, 1.82) is 0 Å². The maximum absolute atomic E-state index is 13.2. The molecule has 0 heterocycles. The van der Waals surface area contributed by atoms with E-state index < -0.39 is 5.82 Å². The largest absolute Gasteiger partial charge is 0.271 e. The molecule has 2 aromatic carbocycles. The number of hydrogen-bond acceptors (Lipinski definition) is 2. The van der Waals surface area contributed by atoms with Crippen LogP contribution in [0.1, 0.15) is 17.2 Å². The van der Waals surface area contributed by atoms with Crippen LogP contribution in [0.4, 0.5) is 8.78 Å². The maximum atomic E-state index is 13.2. The summed E-state index contributed by atoms with van der Waals surface area (Å²) in [7, 11) is 0. The van der Waals surface area contributed by atoms with Crippen molar-refractivity contribution in [3.63, 3.8) is 0 Å². The third kappa shape index (κ3) is 3.55. The standard InChI is InChI=1S/C14H12BrClF2N2/c15-11-5-8(1-4-13(11)18)6-14(20-19)10-3-2-9(17)7-12(10)16/h1-5,7,14,20H,6,19H2. The lowest BCUT2D eigenvalue weighted by molar-refractivity contribution is 0.548. The first-order valence-corrected chi connectivity index (χ1v) is 7.03. The van der Waals surface area contributed by atoms with E-state index in [2.05, 4.69) is 21.4 Å². The Bertz CT molecular complexity index is 622. The molecule has 0 fully saturated rings. The molecule has 2 aromatic rings. The van der Waals surface area contributed by atoms with Crippen molar-refractivity contribution in [3.05, 3.63) is 68.7 Å². The number of rotatable bonds is 4. The Morgan fingerprint density at radius 3 is 2.55 bits per heavy atom. The summed E-state index contributed by atoms with van der Waals surface area (Å²) in [5.41, 5.74) is 4.21. The normalized spacial score (nSPS) is 12.4. The Kier molecular flexibility index (Phi) is 5.10. The highest BCUT2D eigenvalue weighted by Gasteiger charge is 2.15. The topological polar surface area (TPSA) is 38.0 Å². The lowest BCUT2D eigenvalue weighted by atomic mass is 9.99. The van der Waals surface area contributed by atoms with Gasteiger partial charge >= 0.3 is 0 Å². The first-order valence-electron chi connectivity index (χ1n) is 5.86. The van der Waals surface area contributed by atoms with Gasteiger partial charge in [0, 0.05) is 5.02 Å². The Hall–Kier alpha value is -1.01. The molecule has 0 aromatic heterocycles. The first-order chi connectivity index (χ1) is 9.51. The molecule has 2 nitrogen and oxygen atoms in total. The lowest BCUT2D eigenvalue weighted by Gasteiger charge is -2.18. The fourth-order valence-corrected chi connectivity index (χ4v) is 2.67. The summed E-state index contributed by atoms with van der Waals surface area (Å²) in [4.78, 5) is 0. The quantitative estimate of drug-likeness (QED) is 0.635. The summed E-state index contributed by atoms with van der Waals surface area (Å²) in [5, 5.41) is 0.300. The molecule has 1 atom stereocenters. The van der Waals surface area contributed by atoms with Crippen LogP contribution in [0, 0.1) is 11.6 Å². The Morgan fingerprint density at radius 1 is 1.20 bits per heavy atom. The van der Waals surface area contributed by atoms with Crippen molar-refractivity contribution in [2.24, 2.45) is 5.84 Å². The van der Waals surface area contributed by atoms with Gasteiger partial charge in [-0.05, 0) is 57.7 Å². The van der Waals surface area contributed by atoms with Crippen LogP contribution in [0.5, 0.6) is 0 Å². The molecule has 0 amide bonds. The first kappa shape index (κ1) is 15.4. The molecule has 0 aliphatic heterocycles. The summed E-state index contributed by atoms with van der Waals surface area (Å²) in [5.74, 6) is 4.81. The average Bonchev–Trinajstić information content (AvgIpc) is 2.41. The van der Waals surface area contributed by atoms with E-state index in [0.29, 0.717) is 21.5 Å². The highest BCUT2D eigenvalue weighted by Crippen LogP contribution is 2.27. The van der Waals surface area contributed by atoms with E-state index in [9.17, 15) is 8.78 Å². The Balaban J connectivity index is 2.26. The second kappa shape index (κ2) is 6.63. The molecule has 20 heavy (non-hydrogen) atoms. The maximum Gasteiger partial charge on any atom is 0.137 e. The van der Waals surface area contributed by atoms with Crippen LogP contribution < -0.4 is 11.3 Å². The van der Waals surface area contributed by atoms with Crippen LogP contribution in [0.15, 0.2) is 40.9 Å². The fourth-order valence-electron chi connectivity index (χ4n) is 1.95. The number of halogens is 4. The van der Waals surface area contributed by atoms with E-state index in [4.69, 9.17) is 17.4 Å². The predicted molar refractivity (Wildman–Crippen MR) is 79.3 cm³/mol. The van der Waals surface area contributed by atoms with Crippen molar-refractivity contribution in [1.82, 2.24) is 5.43 Å². The predicted octanol–water partition coefficient (Wildman–Crippen LogP) is 4.13. The van der Waals surface area contributed by atoms with Gasteiger partial charge in [0.15, 0.2) is 0 Å². The second-order valence-corrected chi connectivity index (χ2v) is 5.60. The number of nitrogens with two attached hydrogens (primary N) is 1. The smallest absolute Gasteiger partial charge is 0.137 e. The zero-order valence-corrected chi connectivity index (χ0v) is 12.7. The molecular formula is C14H12BrClF2N2. The minimum atomic E-state index is -0.404. The van der Waals surface area contributed by atoms with E-state index >= 15 is 0 Å². The highest BCUT2D eigenvalue weighted by atomic mass is 79.9. The van der Waals surface area contributed by atoms with Gasteiger partial charge in [-0.2, -0.15) is 0 Å². The van der Waals surface area contributed by atoms with Crippen molar-refractivity contribution in [2.75, 3.05) is 0 Å². The van der Waals surface area contributed by atoms with Crippen LogP contribution in [-0.2, 0) is 6.42 Å². The van der Waals surface area contributed by atoms with Crippen LogP contribution in [-0.4, -0.2) is 0 Å². The van der Waals surface area contributed by atoms with Gasteiger partial charge in [0.25, 0.3) is 0 Å². The van der Waals surface area contributed by atoms with Gasteiger partial charge in [-0.15, -0.1) is 0 Å². The van der Waals surface area contributed by atoms with Crippen molar-refractivity contribution in [2.45, 2.75) is 12.5 Å². The average molecular weight is 362 g/mol. The molecule has 3 N–H and O–H groups in total. The monoisotopic (exact) mass is 360 g/mol. The van der Waals surface area contributed by atoms with Gasteiger partial charge in [-0.25, -0.2) is 8.78 Å². The summed E-state index contributed by atoms with van der Waals surface area (Å²) in [6, 6.07) is 8.58. The number of nitrogens with one attached hydrogen (secondary N) is 1. The van der Waals surface area contributed by atoms with Crippen molar-refractivity contribution >= 4 is 27.5 Å². The fraction of sp³-hybridized carbons (Fsp3) is 0.143. The molecule has 6 heteroatoms. The van der Waals surface area contributed by atoms with Gasteiger partial charge in [-0.1, -0.05) is 23.7 Å². The highest BCUT2D eigenvalue weighted by molar-refractivity contribution is 9.10. The minimum Gasteiger partial charge on any atom is -0.271 e. The molecule has 0 bridgehead atoms. The van der Waals surface area contributed by atoms with Crippen molar-refractivity contribution < 1.29 is 8.78 Å². The summed E-state index contributed by atoms with van der Waals surface area (Å²) < 4.78 is 26.6. The van der Waals surface area contributed by atoms with Gasteiger partial charge in [0.05, 0.1) is 10.5 Å². The lowest BCUT2D eigenvalue weighted by Crippen LogP contribution is -2.29. The van der Waals surface area contributed by atoms with Crippen LogP contribution in [0.25, 0.3) is 0 Å². The van der Waals surface area contributed by atoms with E-state index in [1.807, 2.05) is 0 Å². The third-order valence-electron chi connectivity index (χ3n) is 2.96. The second-order valence-electron chi connectivity index (χ2n) is 4.34. The van der Waals surface area contributed by atoms with Crippen LogP contribution in [0.3, 0.4) is 0 Å². The van der Waals surface area contributed by atoms with E-state index in [1.165, 1.54) is 18.2 Å². The molecule has 1 unspecified atom stereocenters. The van der Waals surface area contributed by atoms with Gasteiger partial charge < -0.3 is 0 Å². The zero-order valence-electron chi connectivity index (χ0n) is 10.3. The third-order valence-corrected chi connectivity index (χ3v) is 3.90. The number of hydrazine groups is 1. The van der Waals surface area contributed by atoms with Crippen molar-refractivity contribution in [3.8, 4) is 0 Å². The van der Waals surface area contributed by atoms with E-state index in [-0.39, 0.29) is 11.9 Å². The number of hydrogen-bond donors (Lipinski definition) is 2. The molecule has 2 rings (SSSR count). The molecule has 0 aliphatic carbocycles. The van der Waals surface area contributed by atoms with E-state index in [1.54, 1.807) is 18.2 Å². The number of benzene rings is 2. The molecule has 106 valence electrons. The Labute approximate surface area is 129 Å². The summed E-state index contributed by atoms with van der Waals surface area (Å²) in [6.45, 7) is 0. The molecule has 0 spiro atoms. The SMILES string of the molecule is NNC(Cc1ccc(F)c(Br)c1)c1ccc(F)cc1Cl. The molecular weight excluding hydrogens is 350 g/mol.